The Kier molecular flexibility index (Phi) is 5.82. The van der Waals surface area contributed by atoms with E-state index in [2.05, 4.69) is 39.0 Å². The molecule has 2 atom stereocenters. The number of likely N-dealkylation sites (tertiary alicyclic amines) is 1. The van der Waals surface area contributed by atoms with Crippen LogP contribution in [0.15, 0.2) is 35.5 Å². The number of fused-ring (bicyclic) bond motifs is 2. The molecule has 5 heterocycles. The van der Waals surface area contributed by atoms with Crippen LogP contribution in [0.4, 0.5) is 0 Å². The Bertz CT molecular complexity index is 1410. The van der Waals surface area contributed by atoms with Crippen LogP contribution in [0.2, 0.25) is 0 Å². The maximum Gasteiger partial charge on any atom is 0.326 e. The number of imidazole rings is 1. The molecule has 0 saturated carbocycles. The van der Waals surface area contributed by atoms with Crippen molar-refractivity contribution in [3.05, 3.63) is 46.8 Å². The molecule has 2 fully saturated rings. The average Bonchev–Trinajstić information content (AvgIpc) is 3.51. The predicted molar refractivity (Wildman–Crippen MR) is 134 cm³/mol. The molecule has 0 amide bonds. The monoisotopic (exact) mass is 476 g/mol. The Morgan fingerprint density at radius 1 is 1.20 bits per heavy atom. The number of piperidine rings is 1. The van der Waals surface area contributed by atoms with Crippen molar-refractivity contribution in [3.63, 3.8) is 0 Å². The molecule has 0 radical (unpaired) electrons. The Morgan fingerprint density at radius 3 is 2.89 bits per heavy atom. The minimum Gasteiger partial charge on any atom is -0.493 e. The van der Waals surface area contributed by atoms with Crippen molar-refractivity contribution in [1.29, 1.82) is 0 Å². The minimum absolute atomic E-state index is 0.0322. The second-order valence-electron chi connectivity index (χ2n) is 9.67. The van der Waals surface area contributed by atoms with Crippen LogP contribution in [0.25, 0.3) is 27.8 Å². The molecule has 6 rings (SSSR count). The zero-order chi connectivity index (χ0) is 23.9. The molecule has 4 aromatic rings. The van der Waals surface area contributed by atoms with Crippen LogP contribution in [0.5, 0.6) is 5.75 Å². The van der Waals surface area contributed by atoms with Gasteiger partial charge < -0.3 is 14.5 Å². The number of pyridine rings is 1. The van der Waals surface area contributed by atoms with Gasteiger partial charge in [0.25, 0.3) is 0 Å². The number of aromatic nitrogens is 5. The Labute approximate surface area is 203 Å². The van der Waals surface area contributed by atoms with E-state index in [-0.39, 0.29) is 11.7 Å². The summed E-state index contributed by atoms with van der Waals surface area (Å²) >= 11 is 0. The molecule has 9 nitrogen and oxygen atoms in total. The van der Waals surface area contributed by atoms with Crippen LogP contribution < -0.4 is 10.4 Å². The van der Waals surface area contributed by atoms with Crippen LogP contribution >= 0.6 is 0 Å². The lowest BCUT2D eigenvalue weighted by atomic mass is 9.97. The van der Waals surface area contributed by atoms with Crippen LogP contribution in [0.3, 0.4) is 0 Å². The molecule has 9 heteroatoms. The summed E-state index contributed by atoms with van der Waals surface area (Å²) < 4.78 is 15.0. The van der Waals surface area contributed by atoms with E-state index in [0.29, 0.717) is 17.4 Å². The third-order valence-corrected chi connectivity index (χ3v) is 7.64. The van der Waals surface area contributed by atoms with Gasteiger partial charge in [-0.05, 0) is 68.0 Å². The number of benzene rings is 1. The molecule has 184 valence electrons. The number of rotatable bonds is 5. The highest BCUT2D eigenvalue weighted by atomic mass is 16.5. The van der Waals surface area contributed by atoms with Crippen LogP contribution in [0, 0.1) is 0 Å². The molecule has 0 bridgehead atoms. The van der Waals surface area contributed by atoms with Crippen molar-refractivity contribution in [2.24, 2.45) is 0 Å². The first-order chi connectivity index (χ1) is 17.2. The first-order valence-electron chi connectivity index (χ1n) is 12.6. The molecule has 0 spiro atoms. The Hall–Kier alpha value is -3.17. The summed E-state index contributed by atoms with van der Waals surface area (Å²) in [6.07, 6.45) is 8.74. The highest BCUT2D eigenvalue weighted by Crippen LogP contribution is 2.33. The number of H-pyrrole nitrogens is 1. The van der Waals surface area contributed by atoms with Gasteiger partial charge in [-0.1, -0.05) is 6.92 Å². The molecular weight excluding hydrogens is 444 g/mol. The second-order valence-corrected chi connectivity index (χ2v) is 9.67. The summed E-state index contributed by atoms with van der Waals surface area (Å²) in [5.74, 6) is 0.669. The second kappa shape index (κ2) is 9.13. The molecule has 1 unspecified atom stereocenters. The first kappa shape index (κ1) is 22.3. The van der Waals surface area contributed by atoms with E-state index in [1.165, 1.54) is 18.3 Å². The molecule has 3 aromatic heterocycles. The summed E-state index contributed by atoms with van der Waals surface area (Å²) in [6, 6.07) is 6.90. The minimum atomic E-state index is -0.0322. The molecule has 35 heavy (non-hydrogen) atoms. The van der Waals surface area contributed by atoms with E-state index in [4.69, 9.17) is 9.47 Å². The average molecular weight is 477 g/mol. The highest BCUT2D eigenvalue weighted by molar-refractivity contribution is 5.85. The summed E-state index contributed by atoms with van der Waals surface area (Å²) in [6.45, 7) is 5.80. The van der Waals surface area contributed by atoms with E-state index in [9.17, 15) is 4.79 Å². The number of hydrogen-bond acceptors (Lipinski definition) is 6. The van der Waals surface area contributed by atoms with Gasteiger partial charge in [-0.2, -0.15) is 5.10 Å². The SMILES string of the molecule is CCc1cc2c(cc1-c1cc(OC)c3ncnn3c1)[nH]c(=O)n2[C@@H]1CCCN(C2CCCOC2)C1. The van der Waals surface area contributed by atoms with E-state index < -0.39 is 0 Å². The van der Waals surface area contributed by atoms with E-state index >= 15 is 0 Å². The van der Waals surface area contributed by atoms with Gasteiger partial charge in [0.15, 0.2) is 11.4 Å². The van der Waals surface area contributed by atoms with Crippen molar-refractivity contribution < 1.29 is 9.47 Å². The quantitative estimate of drug-likeness (QED) is 0.475. The number of nitrogens with zero attached hydrogens (tertiary/aromatic N) is 5. The fourth-order valence-corrected chi connectivity index (χ4v) is 5.87. The normalized spacial score (nSPS) is 21.7. The van der Waals surface area contributed by atoms with Gasteiger partial charge in [0, 0.05) is 31.0 Å². The van der Waals surface area contributed by atoms with Crippen molar-refractivity contribution in [1.82, 2.24) is 29.0 Å². The molecule has 2 aliphatic heterocycles. The van der Waals surface area contributed by atoms with Gasteiger partial charge >= 0.3 is 5.69 Å². The smallest absolute Gasteiger partial charge is 0.326 e. The number of hydrogen-bond donors (Lipinski definition) is 1. The molecule has 2 aliphatic rings. The lowest BCUT2D eigenvalue weighted by molar-refractivity contribution is 0.00306. The maximum atomic E-state index is 13.2. The molecule has 2 saturated heterocycles. The van der Waals surface area contributed by atoms with E-state index in [1.807, 2.05) is 16.8 Å². The third-order valence-electron chi connectivity index (χ3n) is 7.64. The summed E-state index contributed by atoms with van der Waals surface area (Å²) in [5, 5.41) is 4.31. The largest absolute Gasteiger partial charge is 0.493 e. The van der Waals surface area contributed by atoms with Gasteiger partial charge in [0.2, 0.25) is 0 Å². The zero-order valence-electron chi connectivity index (χ0n) is 20.4. The molecule has 1 aromatic carbocycles. The van der Waals surface area contributed by atoms with Gasteiger partial charge in [-0.15, -0.1) is 0 Å². The van der Waals surface area contributed by atoms with Crippen LogP contribution in [-0.4, -0.2) is 68.5 Å². The highest BCUT2D eigenvalue weighted by Gasteiger charge is 2.30. The molecule has 1 N–H and O–H groups in total. The Balaban J connectivity index is 1.40. The first-order valence-corrected chi connectivity index (χ1v) is 12.6. The lowest BCUT2D eigenvalue weighted by Gasteiger charge is -2.40. The molecule has 0 aliphatic carbocycles. The summed E-state index contributed by atoms with van der Waals surface area (Å²) in [4.78, 5) is 23.2. The lowest BCUT2D eigenvalue weighted by Crippen LogP contribution is -2.47. The number of aryl methyl sites for hydroxylation is 1. The fourth-order valence-electron chi connectivity index (χ4n) is 5.87. The van der Waals surface area contributed by atoms with Crippen LogP contribution in [-0.2, 0) is 11.2 Å². The molecular formula is C26H32N6O3. The zero-order valence-corrected chi connectivity index (χ0v) is 20.4. The van der Waals surface area contributed by atoms with Gasteiger partial charge in [-0.3, -0.25) is 9.47 Å². The van der Waals surface area contributed by atoms with Crippen molar-refractivity contribution >= 4 is 16.7 Å². The van der Waals surface area contributed by atoms with E-state index in [0.717, 1.165) is 74.1 Å². The van der Waals surface area contributed by atoms with Crippen molar-refractivity contribution in [3.8, 4) is 16.9 Å². The summed E-state index contributed by atoms with van der Waals surface area (Å²) in [5.41, 5.74) is 5.71. The third kappa shape index (κ3) is 3.92. The number of ether oxygens (including phenoxy) is 2. The standard InChI is InChI=1S/C26H32N6O3/c1-3-17-10-23-22(12-21(17)18-11-24(34-2)25-27-16-28-31(25)13-18)29-26(33)32(23)19-6-4-8-30(14-19)20-7-5-9-35-15-20/h10-13,16,19-20H,3-9,14-15H2,1-2H3,(H,29,33)/t19-,20?/m1/s1. The van der Waals surface area contributed by atoms with Gasteiger partial charge in [-0.25, -0.2) is 14.3 Å². The fraction of sp³-hybridized carbons (Fsp3) is 0.500. The summed E-state index contributed by atoms with van der Waals surface area (Å²) in [7, 11) is 1.64. The number of methoxy groups -OCH3 is 1. The maximum absolute atomic E-state index is 13.2. The van der Waals surface area contributed by atoms with Crippen molar-refractivity contribution in [2.75, 3.05) is 33.4 Å². The van der Waals surface area contributed by atoms with Gasteiger partial charge in [0.05, 0.1) is 30.8 Å². The topological polar surface area (TPSA) is 89.7 Å². The van der Waals surface area contributed by atoms with Crippen molar-refractivity contribution in [2.45, 2.75) is 51.1 Å². The van der Waals surface area contributed by atoms with Gasteiger partial charge in [0.1, 0.15) is 6.33 Å². The van der Waals surface area contributed by atoms with E-state index in [1.54, 1.807) is 11.6 Å². The Morgan fingerprint density at radius 2 is 2.09 bits per heavy atom. The number of nitrogens with one attached hydrogen (secondary N) is 1. The number of aromatic amines is 1. The van der Waals surface area contributed by atoms with Crippen LogP contribution in [0.1, 0.15) is 44.2 Å². The predicted octanol–water partition coefficient (Wildman–Crippen LogP) is 3.43.